The van der Waals surface area contributed by atoms with Crippen molar-refractivity contribution >= 4 is 11.3 Å². The fraction of sp³-hybridized carbons (Fsp3) is 0.273. The van der Waals surface area contributed by atoms with Crippen LogP contribution in [0.1, 0.15) is 17.2 Å². The van der Waals surface area contributed by atoms with Gasteiger partial charge in [0.2, 0.25) is 0 Å². The van der Waals surface area contributed by atoms with Gasteiger partial charge in [-0.05, 0) is 34.0 Å². The molecule has 0 amide bonds. The molecular weight excluding hydrogens is 208 g/mol. The Balaban J connectivity index is 1.74. The van der Waals surface area contributed by atoms with Crippen molar-refractivity contribution in [2.45, 2.75) is 12.6 Å². The van der Waals surface area contributed by atoms with Crippen molar-refractivity contribution in [3.63, 3.8) is 0 Å². The van der Waals surface area contributed by atoms with Crippen molar-refractivity contribution in [3.8, 4) is 0 Å². The molecule has 1 unspecified atom stereocenters. The van der Waals surface area contributed by atoms with Crippen molar-refractivity contribution in [2.24, 2.45) is 0 Å². The van der Waals surface area contributed by atoms with Crippen molar-refractivity contribution in [1.82, 2.24) is 10.3 Å². The van der Waals surface area contributed by atoms with Crippen LogP contribution >= 0.6 is 11.3 Å². The summed E-state index contributed by atoms with van der Waals surface area (Å²) in [6.45, 7) is 1.37. The molecule has 2 aromatic rings. The number of thiophene rings is 1. The molecule has 2 aromatic heterocycles. The van der Waals surface area contributed by atoms with Crippen molar-refractivity contribution < 1.29 is 5.11 Å². The summed E-state index contributed by atoms with van der Waals surface area (Å²) in [6, 6.07) is 3.97. The van der Waals surface area contributed by atoms with Gasteiger partial charge in [0, 0.05) is 25.5 Å². The minimum Gasteiger partial charge on any atom is -0.387 e. The lowest BCUT2D eigenvalue weighted by atomic mass is 10.2. The third-order valence-electron chi connectivity index (χ3n) is 2.26. The highest BCUT2D eigenvalue weighted by Gasteiger charge is 2.06. The van der Waals surface area contributed by atoms with Crippen LogP contribution in [0, 0.1) is 0 Å². The van der Waals surface area contributed by atoms with Gasteiger partial charge >= 0.3 is 0 Å². The van der Waals surface area contributed by atoms with Crippen molar-refractivity contribution in [1.29, 1.82) is 0 Å². The molecule has 2 rings (SSSR count). The second kappa shape index (κ2) is 5.11. The summed E-state index contributed by atoms with van der Waals surface area (Å²) in [5, 5.41) is 16.9. The molecule has 1 atom stereocenters. The maximum Gasteiger partial charge on any atom is 0.0922 e. The molecule has 4 heteroatoms. The van der Waals surface area contributed by atoms with E-state index in [1.54, 1.807) is 11.3 Å². The van der Waals surface area contributed by atoms with Crippen LogP contribution < -0.4 is 5.32 Å². The van der Waals surface area contributed by atoms with Crippen LogP contribution in [0.15, 0.2) is 35.3 Å². The zero-order chi connectivity index (χ0) is 10.5. The van der Waals surface area contributed by atoms with Crippen LogP contribution in [0.2, 0.25) is 0 Å². The van der Waals surface area contributed by atoms with Gasteiger partial charge in [0.25, 0.3) is 0 Å². The summed E-state index contributed by atoms with van der Waals surface area (Å²) in [4.78, 5) is 2.99. The van der Waals surface area contributed by atoms with Gasteiger partial charge in [-0.15, -0.1) is 0 Å². The molecular formula is C11H14N2OS. The normalized spacial score (nSPS) is 12.9. The Morgan fingerprint density at radius 1 is 1.47 bits per heavy atom. The van der Waals surface area contributed by atoms with Gasteiger partial charge in [-0.2, -0.15) is 11.3 Å². The van der Waals surface area contributed by atoms with Crippen LogP contribution in [-0.2, 0) is 6.54 Å². The molecule has 0 aliphatic carbocycles. The predicted molar refractivity (Wildman–Crippen MR) is 61.8 cm³/mol. The highest BCUT2D eigenvalue weighted by molar-refractivity contribution is 7.07. The number of hydrogen-bond acceptors (Lipinski definition) is 3. The molecule has 0 radical (unpaired) electrons. The van der Waals surface area contributed by atoms with Gasteiger partial charge < -0.3 is 15.4 Å². The van der Waals surface area contributed by atoms with Crippen LogP contribution in [-0.4, -0.2) is 16.6 Å². The molecule has 3 nitrogen and oxygen atoms in total. The first kappa shape index (κ1) is 10.4. The second-order valence-electron chi connectivity index (χ2n) is 3.42. The lowest BCUT2D eigenvalue weighted by Gasteiger charge is -2.09. The van der Waals surface area contributed by atoms with Gasteiger partial charge in [-0.3, -0.25) is 0 Å². The maximum absolute atomic E-state index is 9.77. The van der Waals surface area contributed by atoms with E-state index in [1.807, 2.05) is 35.3 Å². The molecule has 0 aliphatic rings. The summed E-state index contributed by atoms with van der Waals surface area (Å²) < 4.78 is 0. The molecule has 80 valence electrons. The Hall–Kier alpha value is -1.10. The zero-order valence-corrected chi connectivity index (χ0v) is 9.13. The quantitative estimate of drug-likeness (QED) is 0.723. The topological polar surface area (TPSA) is 48.0 Å². The summed E-state index contributed by atoms with van der Waals surface area (Å²) in [7, 11) is 0. The number of aliphatic hydroxyl groups excluding tert-OH is 1. The number of H-pyrrole nitrogens is 1. The van der Waals surface area contributed by atoms with E-state index >= 15 is 0 Å². The summed E-state index contributed by atoms with van der Waals surface area (Å²) in [5.41, 5.74) is 2.19. The van der Waals surface area contributed by atoms with E-state index in [2.05, 4.69) is 10.3 Å². The van der Waals surface area contributed by atoms with Gasteiger partial charge in [0.1, 0.15) is 0 Å². The third-order valence-corrected chi connectivity index (χ3v) is 2.96. The Morgan fingerprint density at radius 2 is 2.40 bits per heavy atom. The standard InChI is InChI=1S/C11H14N2OS/c14-11(10-2-4-15-8-10)7-13-6-9-1-3-12-5-9/h1-5,8,11-14H,6-7H2. The van der Waals surface area contributed by atoms with Gasteiger partial charge in [0.15, 0.2) is 0 Å². The van der Waals surface area contributed by atoms with E-state index < -0.39 is 6.10 Å². The minimum absolute atomic E-state index is 0.407. The van der Waals surface area contributed by atoms with Gasteiger partial charge in [-0.25, -0.2) is 0 Å². The van der Waals surface area contributed by atoms with Crippen LogP contribution in [0.4, 0.5) is 0 Å². The molecule has 2 heterocycles. The fourth-order valence-electron chi connectivity index (χ4n) is 1.40. The Labute approximate surface area is 92.8 Å². The lowest BCUT2D eigenvalue weighted by molar-refractivity contribution is 0.175. The Kier molecular flexibility index (Phi) is 3.55. The summed E-state index contributed by atoms with van der Waals surface area (Å²) in [5.74, 6) is 0. The third kappa shape index (κ3) is 2.92. The first-order valence-corrected chi connectivity index (χ1v) is 5.83. The van der Waals surface area contributed by atoms with E-state index in [9.17, 15) is 5.11 Å². The molecule has 0 spiro atoms. The highest BCUT2D eigenvalue weighted by Crippen LogP contribution is 2.15. The molecule has 0 saturated carbocycles. The molecule has 0 aromatic carbocycles. The monoisotopic (exact) mass is 222 g/mol. The zero-order valence-electron chi connectivity index (χ0n) is 8.31. The highest BCUT2D eigenvalue weighted by atomic mass is 32.1. The van der Waals surface area contributed by atoms with Crippen molar-refractivity contribution in [3.05, 3.63) is 46.4 Å². The van der Waals surface area contributed by atoms with E-state index in [4.69, 9.17) is 0 Å². The van der Waals surface area contributed by atoms with Gasteiger partial charge in [0.05, 0.1) is 6.10 Å². The molecule has 0 fully saturated rings. The number of hydrogen-bond donors (Lipinski definition) is 3. The fourth-order valence-corrected chi connectivity index (χ4v) is 2.11. The Morgan fingerprint density at radius 3 is 3.07 bits per heavy atom. The average molecular weight is 222 g/mol. The largest absolute Gasteiger partial charge is 0.387 e. The molecule has 0 bridgehead atoms. The smallest absolute Gasteiger partial charge is 0.0922 e. The Bertz CT molecular complexity index is 369. The first-order valence-electron chi connectivity index (χ1n) is 4.89. The van der Waals surface area contributed by atoms with Crippen molar-refractivity contribution in [2.75, 3.05) is 6.54 Å². The van der Waals surface area contributed by atoms with E-state index in [-0.39, 0.29) is 0 Å². The summed E-state index contributed by atoms with van der Waals surface area (Å²) >= 11 is 1.61. The lowest BCUT2D eigenvalue weighted by Crippen LogP contribution is -2.20. The molecule has 3 N–H and O–H groups in total. The average Bonchev–Trinajstić information content (AvgIpc) is 2.90. The maximum atomic E-state index is 9.77. The number of aliphatic hydroxyl groups is 1. The first-order chi connectivity index (χ1) is 7.36. The number of rotatable bonds is 5. The minimum atomic E-state index is -0.407. The van der Waals surface area contributed by atoms with Gasteiger partial charge in [-0.1, -0.05) is 0 Å². The van der Waals surface area contributed by atoms with Crippen LogP contribution in [0.3, 0.4) is 0 Å². The summed E-state index contributed by atoms with van der Waals surface area (Å²) in [6.07, 6.45) is 3.44. The van der Waals surface area contributed by atoms with E-state index in [0.29, 0.717) is 6.54 Å². The molecule has 0 saturated heterocycles. The number of aromatic amines is 1. The van der Waals surface area contributed by atoms with Crippen LogP contribution in [0.5, 0.6) is 0 Å². The van der Waals surface area contributed by atoms with Crippen LogP contribution in [0.25, 0.3) is 0 Å². The van der Waals surface area contributed by atoms with E-state index in [0.717, 1.165) is 12.1 Å². The number of aromatic nitrogens is 1. The van der Waals surface area contributed by atoms with E-state index in [1.165, 1.54) is 5.56 Å². The SMILES string of the molecule is OC(CNCc1cc[nH]c1)c1ccsc1. The molecule has 15 heavy (non-hydrogen) atoms. The second-order valence-corrected chi connectivity index (χ2v) is 4.20. The molecule has 0 aliphatic heterocycles. The number of nitrogens with one attached hydrogen (secondary N) is 2. The predicted octanol–water partition coefficient (Wildman–Crippen LogP) is 1.90.